The number of rotatable bonds is 2. The highest BCUT2D eigenvalue weighted by molar-refractivity contribution is 5.85. The summed E-state index contributed by atoms with van der Waals surface area (Å²) >= 11 is 0. The Hall–Kier alpha value is -1.32. The Morgan fingerprint density at radius 3 is 2.47 bits per heavy atom. The van der Waals surface area contributed by atoms with Crippen LogP contribution in [0.3, 0.4) is 0 Å². The van der Waals surface area contributed by atoms with Crippen LogP contribution in [0.25, 0.3) is 0 Å². The molecular weight excluding hydrogens is 190 g/mol. The summed E-state index contributed by atoms with van der Waals surface area (Å²) in [5.41, 5.74) is 1.90. The lowest BCUT2D eigenvalue weighted by atomic mass is 9.84. The summed E-state index contributed by atoms with van der Waals surface area (Å²) in [6.45, 7) is 8.32. The Bertz CT molecular complexity index is 398. The van der Waals surface area contributed by atoms with Gasteiger partial charge in [0.05, 0.1) is 11.3 Å². The smallest absolute Gasteiger partial charge is 0.155 e. The molecule has 1 saturated heterocycles. The van der Waals surface area contributed by atoms with Crippen LogP contribution in [-0.4, -0.2) is 29.2 Å². The van der Waals surface area contributed by atoms with E-state index in [1.165, 1.54) is 0 Å². The highest BCUT2D eigenvalue weighted by Gasteiger charge is 2.37. The molecule has 0 radical (unpaired) electrons. The number of nitrogens with zero attached hydrogens (tertiary/aromatic N) is 3. The minimum absolute atomic E-state index is 0.359. The molecule has 0 amide bonds. The van der Waals surface area contributed by atoms with Crippen LogP contribution in [0, 0.1) is 12.3 Å². The molecule has 1 aromatic rings. The van der Waals surface area contributed by atoms with E-state index in [0.29, 0.717) is 5.41 Å². The molecule has 1 aliphatic rings. The summed E-state index contributed by atoms with van der Waals surface area (Å²) in [7, 11) is 1.89. The molecule has 4 nitrogen and oxygen atoms in total. The van der Waals surface area contributed by atoms with Gasteiger partial charge in [0.25, 0.3) is 0 Å². The van der Waals surface area contributed by atoms with Crippen LogP contribution in [0.4, 0.5) is 5.82 Å². The summed E-state index contributed by atoms with van der Waals surface area (Å²) in [4.78, 5) is 13.2. The van der Waals surface area contributed by atoms with Gasteiger partial charge in [-0.2, -0.15) is 5.10 Å². The van der Waals surface area contributed by atoms with E-state index in [9.17, 15) is 4.79 Å². The quantitative estimate of drug-likeness (QED) is 0.688. The Balaban J connectivity index is 2.33. The monoisotopic (exact) mass is 207 g/mol. The number of hydrogen-bond acceptors (Lipinski definition) is 3. The minimum atomic E-state index is 0.359. The van der Waals surface area contributed by atoms with Crippen LogP contribution in [0.15, 0.2) is 0 Å². The molecule has 82 valence electrons. The molecule has 0 N–H and O–H groups in total. The molecule has 0 unspecified atom stereocenters. The van der Waals surface area contributed by atoms with Gasteiger partial charge < -0.3 is 4.90 Å². The van der Waals surface area contributed by atoms with Crippen molar-refractivity contribution in [2.45, 2.75) is 20.8 Å². The molecule has 2 rings (SSSR count). The first-order valence-electron chi connectivity index (χ1n) is 5.18. The number of aldehydes is 1. The highest BCUT2D eigenvalue weighted by atomic mass is 16.1. The lowest BCUT2D eigenvalue weighted by Gasteiger charge is -2.47. The second-order valence-electron chi connectivity index (χ2n) is 5.08. The van der Waals surface area contributed by atoms with Crippen molar-refractivity contribution in [1.29, 1.82) is 0 Å². The maximum Gasteiger partial charge on any atom is 0.155 e. The molecule has 15 heavy (non-hydrogen) atoms. The van der Waals surface area contributed by atoms with Gasteiger partial charge in [0.2, 0.25) is 0 Å². The van der Waals surface area contributed by atoms with Crippen molar-refractivity contribution in [2.24, 2.45) is 12.5 Å². The average Bonchev–Trinajstić information content (AvgIpc) is 2.35. The molecule has 0 aromatic carbocycles. The molecule has 1 aromatic heterocycles. The van der Waals surface area contributed by atoms with E-state index in [1.807, 2.05) is 14.0 Å². The van der Waals surface area contributed by atoms with Gasteiger partial charge in [-0.1, -0.05) is 13.8 Å². The van der Waals surface area contributed by atoms with Gasteiger partial charge in [-0.15, -0.1) is 0 Å². The molecule has 1 aliphatic heterocycles. The maximum atomic E-state index is 11.0. The Morgan fingerprint density at radius 1 is 1.40 bits per heavy atom. The predicted molar refractivity (Wildman–Crippen MR) is 59.3 cm³/mol. The Morgan fingerprint density at radius 2 is 2.00 bits per heavy atom. The van der Waals surface area contributed by atoms with Crippen LogP contribution in [0.5, 0.6) is 0 Å². The lowest BCUT2D eigenvalue weighted by Crippen LogP contribution is -2.54. The van der Waals surface area contributed by atoms with E-state index in [1.54, 1.807) is 4.68 Å². The van der Waals surface area contributed by atoms with E-state index >= 15 is 0 Å². The lowest BCUT2D eigenvalue weighted by molar-refractivity contribution is 0.112. The number of aryl methyl sites for hydroxylation is 2. The van der Waals surface area contributed by atoms with E-state index in [0.717, 1.165) is 36.5 Å². The molecular formula is C11H17N3O. The van der Waals surface area contributed by atoms with Gasteiger partial charge in [0.1, 0.15) is 5.82 Å². The minimum Gasteiger partial charge on any atom is -0.355 e. The number of aromatic nitrogens is 2. The van der Waals surface area contributed by atoms with E-state index in [2.05, 4.69) is 23.8 Å². The topological polar surface area (TPSA) is 38.1 Å². The fourth-order valence-electron chi connectivity index (χ4n) is 2.31. The van der Waals surface area contributed by atoms with Crippen molar-refractivity contribution in [1.82, 2.24) is 9.78 Å². The fraction of sp³-hybridized carbons (Fsp3) is 0.636. The summed E-state index contributed by atoms with van der Waals surface area (Å²) in [5, 5.41) is 4.28. The standard InChI is InChI=1S/C11H17N3O/c1-8-9(5-15)10(13(4)12-8)14-6-11(2,3)7-14/h5H,6-7H2,1-4H3. The Kier molecular flexibility index (Phi) is 2.10. The number of carbonyl (C=O) groups excluding carboxylic acids is 1. The third-order valence-corrected chi connectivity index (χ3v) is 2.89. The van der Waals surface area contributed by atoms with Gasteiger partial charge in [0.15, 0.2) is 6.29 Å². The zero-order chi connectivity index (χ0) is 11.2. The fourth-order valence-corrected chi connectivity index (χ4v) is 2.31. The zero-order valence-corrected chi connectivity index (χ0v) is 9.74. The average molecular weight is 207 g/mol. The van der Waals surface area contributed by atoms with Gasteiger partial charge >= 0.3 is 0 Å². The largest absolute Gasteiger partial charge is 0.355 e. The summed E-state index contributed by atoms with van der Waals surface area (Å²) in [5.74, 6) is 0.960. The van der Waals surface area contributed by atoms with Crippen molar-refractivity contribution in [3.05, 3.63) is 11.3 Å². The first-order valence-corrected chi connectivity index (χ1v) is 5.18. The number of anilines is 1. The van der Waals surface area contributed by atoms with Gasteiger partial charge in [0, 0.05) is 20.1 Å². The van der Waals surface area contributed by atoms with E-state index in [4.69, 9.17) is 0 Å². The molecule has 0 atom stereocenters. The van der Waals surface area contributed by atoms with Crippen LogP contribution < -0.4 is 4.90 Å². The first kappa shape index (κ1) is 10.2. The molecule has 0 saturated carbocycles. The highest BCUT2D eigenvalue weighted by Crippen LogP contribution is 2.35. The van der Waals surface area contributed by atoms with Crippen molar-refractivity contribution in [2.75, 3.05) is 18.0 Å². The van der Waals surface area contributed by atoms with Gasteiger partial charge in [-0.05, 0) is 12.3 Å². The molecule has 2 heterocycles. The second-order valence-corrected chi connectivity index (χ2v) is 5.08. The molecule has 0 aliphatic carbocycles. The molecule has 0 spiro atoms. The third-order valence-electron chi connectivity index (χ3n) is 2.89. The van der Waals surface area contributed by atoms with Crippen LogP contribution in [0.2, 0.25) is 0 Å². The number of hydrogen-bond donors (Lipinski definition) is 0. The van der Waals surface area contributed by atoms with E-state index < -0.39 is 0 Å². The molecule has 1 fully saturated rings. The molecule has 4 heteroatoms. The second kappa shape index (κ2) is 3.08. The van der Waals surface area contributed by atoms with Gasteiger partial charge in [-0.25, -0.2) is 0 Å². The summed E-state index contributed by atoms with van der Waals surface area (Å²) < 4.78 is 1.80. The maximum absolute atomic E-state index is 11.0. The van der Waals surface area contributed by atoms with Crippen LogP contribution in [0.1, 0.15) is 29.9 Å². The summed E-state index contributed by atoms with van der Waals surface area (Å²) in [6.07, 6.45) is 0.906. The zero-order valence-electron chi connectivity index (χ0n) is 9.74. The summed E-state index contributed by atoms with van der Waals surface area (Å²) in [6, 6.07) is 0. The Labute approximate surface area is 89.9 Å². The van der Waals surface area contributed by atoms with Crippen LogP contribution >= 0.6 is 0 Å². The van der Waals surface area contributed by atoms with Crippen molar-refractivity contribution >= 4 is 12.1 Å². The third kappa shape index (κ3) is 1.54. The van der Waals surface area contributed by atoms with Crippen molar-refractivity contribution in [3.8, 4) is 0 Å². The predicted octanol–water partition coefficient (Wildman–Crippen LogP) is 1.39. The van der Waals surface area contributed by atoms with Crippen LogP contribution in [-0.2, 0) is 7.05 Å². The SMILES string of the molecule is Cc1nn(C)c(N2CC(C)(C)C2)c1C=O. The van der Waals surface area contributed by atoms with Gasteiger partial charge in [-0.3, -0.25) is 9.48 Å². The van der Waals surface area contributed by atoms with Crippen molar-refractivity contribution < 1.29 is 4.79 Å². The van der Waals surface area contributed by atoms with Crippen molar-refractivity contribution in [3.63, 3.8) is 0 Å². The first-order chi connectivity index (χ1) is 6.94. The number of carbonyl (C=O) groups is 1. The van der Waals surface area contributed by atoms with E-state index in [-0.39, 0.29) is 0 Å². The normalized spacial score (nSPS) is 18.8. The molecule has 0 bridgehead atoms.